The Hall–Kier alpha value is -2.11. The van der Waals surface area contributed by atoms with E-state index in [4.69, 9.17) is 9.47 Å². The Bertz CT molecular complexity index is 491. The molecule has 21 heavy (non-hydrogen) atoms. The summed E-state index contributed by atoms with van der Waals surface area (Å²) in [7, 11) is 1.42. The first kappa shape index (κ1) is 15.3. The van der Waals surface area contributed by atoms with Gasteiger partial charge in [-0.15, -0.1) is 0 Å². The fourth-order valence-electron chi connectivity index (χ4n) is 2.61. The van der Waals surface area contributed by atoms with E-state index in [9.17, 15) is 14.9 Å². The minimum absolute atomic E-state index is 0.0191. The van der Waals surface area contributed by atoms with Crippen LogP contribution in [0.3, 0.4) is 0 Å². The van der Waals surface area contributed by atoms with Gasteiger partial charge in [0.1, 0.15) is 5.75 Å². The van der Waals surface area contributed by atoms with Crippen molar-refractivity contribution in [1.29, 1.82) is 0 Å². The summed E-state index contributed by atoms with van der Waals surface area (Å²) in [5.74, 6) is 0.951. The van der Waals surface area contributed by atoms with Crippen LogP contribution < -0.4 is 4.74 Å². The number of esters is 1. The molecule has 6 nitrogen and oxygen atoms in total. The van der Waals surface area contributed by atoms with Gasteiger partial charge >= 0.3 is 5.97 Å². The number of non-ortho nitro benzene ring substituents is 1. The second kappa shape index (κ2) is 7.06. The van der Waals surface area contributed by atoms with Crippen LogP contribution in [0.5, 0.6) is 5.75 Å². The molecule has 0 spiro atoms. The standard InChI is InChI=1S/C15H19NO5/c1-20-15(17)12-4-2-11(3-5-12)10-21-14-8-6-13(7-9-14)16(18)19/h6-9,11-12H,2-5,10H2,1H3. The van der Waals surface area contributed by atoms with Crippen molar-refractivity contribution >= 4 is 11.7 Å². The number of ether oxygens (including phenoxy) is 2. The van der Waals surface area contributed by atoms with Gasteiger partial charge in [-0.3, -0.25) is 14.9 Å². The average molecular weight is 293 g/mol. The van der Waals surface area contributed by atoms with Gasteiger partial charge in [-0.1, -0.05) is 0 Å². The predicted molar refractivity (Wildman–Crippen MR) is 76.1 cm³/mol. The molecule has 0 aliphatic heterocycles. The summed E-state index contributed by atoms with van der Waals surface area (Å²) in [6, 6.07) is 6.09. The maximum Gasteiger partial charge on any atom is 0.308 e. The zero-order valence-electron chi connectivity index (χ0n) is 12.0. The van der Waals surface area contributed by atoms with Crippen molar-refractivity contribution in [2.45, 2.75) is 25.7 Å². The molecule has 0 atom stereocenters. The van der Waals surface area contributed by atoms with Crippen molar-refractivity contribution < 1.29 is 19.2 Å². The topological polar surface area (TPSA) is 78.7 Å². The molecule has 0 aromatic heterocycles. The number of nitro benzene ring substituents is 1. The summed E-state index contributed by atoms with van der Waals surface area (Å²) < 4.78 is 10.4. The highest BCUT2D eigenvalue weighted by Gasteiger charge is 2.27. The van der Waals surface area contributed by atoms with Crippen LogP contribution in [0.2, 0.25) is 0 Å². The van der Waals surface area contributed by atoms with E-state index in [1.165, 1.54) is 19.2 Å². The Morgan fingerprint density at radius 1 is 1.24 bits per heavy atom. The SMILES string of the molecule is COC(=O)C1CCC(COc2ccc([N+](=O)[O-])cc2)CC1. The summed E-state index contributed by atoms with van der Waals surface area (Å²) >= 11 is 0. The summed E-state index contributed by atoms with van der Waals surface area (Å²) in [6.45, 7) is 0.575. The van der Waals surface area contributed by atoms with Crippen molar-refractivity contribution in [3.63, 3.8) is 0 Å². The number of hydrogen-bond donors (Lipinski definition) is 0. The van der Waals surface area contributed by atoms with Gasteiger partial charge in [-0.25, -0.2) is 0 Å². The summed E-state index contributed by atoms with van der Waals surface area (Å²) in [5, 5.41) is 10.6. The number of rotatable bonds is 5. The average Bonchev–Trinajstić information content (AvgIpc) is 2.53. The summed E-state index contributed by atoms with van der Waals surface area (Å²) in [5.41, 5.74) is 0.0564. The highest BCUT2D eigenvalue weighted by molar-refractivity contribution is 5.72. The maximum absolute atomic E-state index is 11.4. The molecule has 6 heteroatoms. The molecule has 0 radical (unpaired) electrons. The van der Waals surface area contributed by atoms with E-state index in [0.29, 0.717) is 18.3 Å². The molecule has 0 bridgehead atoms. The third kappa shape index (κ3) is 4.18. The van der Waals surface area contributed by atoms with Crippen LogP contribution in [0.15, 0.2) is 24.3 Å². The maximum atomic E-state index is 11.4. The number of methoxy groups -OCH3 is 1. The smallest absolute Gasteiger partial charge is 0.308 e. The Labute approximate surface area is 123 Å². The molecule has 114 valence electrons. The van der Waals surface area contributed by atoms with E-state index >= 15 is 0 Å². The fraction of sp³-hybridized carbons (Fsp3) is 0.533. The van der Waals surface area contributed by atoms with Crippen LogP contribution >= 0.6 is 0 Å². The molecule has 1 aromatic rings. The van der Waals surface area contributed by atoms with Crippen LogP contribution in [-0.4, -0.2) is 24.6 Å². The first-order valence-electron chi connectivity index (χ1n) is 7.05. The third-order valence-electron chi connectivity index (χ3n) is 3.91. The van der Waals surface area contributed by atoms with E-state index in [1.807, 2.05) is 0 Å². The Kier molecular flexibility index (Phi) is 5.14. The second-order valence-electron chi connectivity index (χ2n) is 5.30. The van der Waals surface area contributed by atoms with Gasteiger partial charge in [0.05, 0.1) is 24.6 Å². The first-order chi connectivity index (χ1) is 10.1. The van der Waals surface area contributed by atoms with E-state index in [2.05, 4.69) is 0 Å². The molecule has 0 N–H and O–H groups in total. The number of carbonyl (C=O) groups is 1. The largest absolute Gasteiger partial charge is 0.493 e. The van der Waals surface area contributed by atoms with Crippen molar-refractivity contribution in [2.75, 3.05) is 13.7 Å². The van der Waals surface area contributed by atoms with Gasteiger partial charge in [0, 0.05) is 12.1 Å². The number of hydrogen-bond acceptors (Lipinski definition) is 5. The molecule has 1 aliphatic carbocycles. The lowest BCUT2D eigenvalue weighted by atomic mass is 9.82. The van der Waals surface area contributed by atoms with E-state index in [-0.39, 0.29) is 17.6 Å². The molecule has 2 rings (SSSR count). The third-order valence-corrected chi connectivity index (χ3v) is 3.91. The second-order valence-corrected chi connectivity index (χ2v) is 5.30. The van der Waals surface area contributed by atoms with Crippen LogP contribution in [0, 0.1) is 22.0 Å². The normalized spacial score (nSPS) is 21.6. The van der Waals surface area contributed by atoms with Crippen LogP contribution in [-0.2, 0) is 9.53 Å². The summed E-state index contributed by atoms with van der Waals surface area (Å²) in [6.07, 6.45) is 3.54. The lowest BCUT2D eigenvalue weighted by molar-refractivity contribution is -0.384. The zero-order valence-corrected chi connectivity index (χ0v) is 12.0. The minimum Gasteiger partial charge on any atom is -0.493 e. The lowest BCUT2D eigenvalue weighted by Crippen LogP contribution is -2.25. The Morgan fingerprint density at radius 3 is 2.38 bits per heavy atom. The fourth-order valence-corrected chi connectivity index (χ4v) is 2.61. The molecule has 1 aliphatic rings. The first-order valence-corrected chi connectivity index (χ1v) is 7.05. The highest BCUT2D eigenvalue weighted by atomic mass is 16.6. The summed E-state index contributed by atoms with van der Waals surface area (Å²) in [4.78, 5) is 21.6. The lowest BCUT2D eigenvalue weighted by Gasteiger charge is -2.26. The molecule has 0 unspecified atom stereocenters. The highest BCUT2D eigenvalue weighted by Crippen LogP contribution is 2.30. The number of carbonyl (C=O) groups excluding carboxylic acids is 1. The molecule has 0 amide bonds. The molecule has 1 fully saturated rings. The number of benzene rings is 1. The number of nitro groups is 1. The van der Waals surface area contributed by atoms with Crippen molar-refractivity contribution in [3.8, 4) is 5.75 Å². The molecule has 0 saturated heterocycles. The van der Waals surface area contributed by atoms with Crippen LogP contribution in [0.1, 0.15) is 25.7 Å². The van der Waals surface area contributed by atoms with E-state index in [1.54, 1.807) is 12.1 Å². The Balaban J connectivity index is 1.77. The van der Waals surface area contributed by atoms with Crippen LogP contribution in [0.4, 0.5) is 5.69 Å². The Morgan fingerprint density at radius 2 is 1.86 bits per heavy atom. The van der Waals surface area contributed by atoms with Gasteiger partial charge in [-0.05, 0) is 43.7 Å². The van der Waals surface area contributed by atoms with Crippen molar-refractivity contribution in [3.05, 3.63) is 34.4 Å². The molecule has 1 saturated carbocycles. The van der Waals surface area contributed by atoms with E-state index < -0.39 is 4.92 Å². The molecule has 0 heterocycles. The van der Waals surface area contributed by atoms with Gasteiger partial charge < -0.3 is 9.47 Å². The monoisotopic (exact) mass is 293 g/mol. The van der Waals surface area contributed by atoms with Gasteiger partial charge in [-0.2, -0.15) is 0 Å². The molecular formula is C15H19NO5. The number of nitrogens with zero attached hydrogens (tertiary/aromatic N) is 1. The molecular weight excluding hydrogens is 274 g/mol. The minimum atomic E-state index is -0.433. The van der Waals surface area contributed by atoms with Crippen LogP contribution in [0.25, 0.3) is 0 Å². The van der Waals surface area contributed by atoms with E-state index in [0.717, 1.165) is 25.7 Å². The van der Waals surface area contributed by atoms with Gasteiger partial charge in [0.15, 0.2) is 0 Å². The van der Waals surface area contributed by atoms with Crippen molar-refractivity contribution in [2.24, 2.45) is 11.8 Å². The molecule has 1 aromatic carbocycles. The quantitative estimate of drug-likeness (QED) is 0.474. The zero-order chi connectivity index (χ0) is 15.2. The van der Waals surface area contributed by atoms with Gasteiger partial charge in [0.2, 0.25) is 0 Å². The van der Waals surface area contributed by atoms with Crippen molar-refractivity contribution in [1.82, 2.24) is 0 Å². The predicted octanol–water partition coefficient (Wildman–Crippen LogP) is 2.95. The van der Waals surface area contributed by atoms with Gasteiger partial charge in [0.25, 0.3) is 5.69 Å².